The van der Waals surface area contributed by atoms with Crippen molar-refractivity contribution >= 4 is 35.4 Å². The smallest absolute Gasteiger partial charge is 0.252 e. The van der Waals surface area contributed by atoms with Crippen LogP contribution in [0.1, 0.15) is 55.2 Å². The Morgan fingerprint density at radius 1 is 1.07 bits per heavy atom. The van der Waals surface area contributed by atoms with E-state index < -0.39 is 35.8 Å². The summed E-state index contributed by atoms with van der Waals surface area (Å²) in [6, 6.07) is 2.51. The fraction of sp³-hybridized carbons (Fsp3) is 0.556. The number of thioether (sulfide) groups is 1. The molecule has 0 saturated heterocycles. The van der Waals surface area contributed by atoms with E-state index in [1.807, 2.05) is 27.0 Å². The molecule has 1 aliphatic rings. The number of carbonyl (C=O) groups is 4. The molecule has 12 nitrogen and oxygen atoms in total. The number of amides is 4. The first kappa shape index (κ1) is 30.9. The van der Waals surface area contributed by atoms with Crippen molar-refractivity contribution < 1.29 is 23.9 Å². The summed E-state index contributed by atoms with van der Waals surface area (Å²) < 4.78 is 7.54. The molecular weight excluding hydrogens is 534 g/mol. The minimum absolute atomic E-state index is 0.129. The van der Waals surface area contributed by atoms with Crippen LogP contribution in [0.3, 0.4) is 0 Å². The largest absolute Gasteiger partial charge is 0.491 e. The normalized spacial score (nSPS) is 21.4. The van der Waals surface area contributed by atoms with Gasteiger partial charge in [-0.25, -0.2) is 4.68 Å². The van der Waals surface area contributed by atoms with Gasteiger partial charge in [0.2, 0.25) is 17.7 Å². The Balaban J connectivity index is 1.88. The highest BCUT2D eigenvalue weighted by molar-refractivity contribution is 7.98. The molecule has 4 bridgehead atoms. The predicted octanol–water partition coefficient (Wildman–Crippen LogP) is 1.18. The summed E-state index contributed by atoms with van der Waals surface area (Å²) in [5, 5.41) is 19.3. The van der Waals surface area contributed by atoms with E-state index >= 15 is 0 Å². The molecule has 13 heteroatoms. The van der Waals surface area contributed by atoms with E-state index in [9.17, 15) is 19.2 Å². The van der Waals surface area contributed by atoms with Crippen molar-refractivity contribution in [1.29, 1.82) is 0 Å². The number of hydrogen-bond donors (Lipinski definition) is 4. The zero-order valence-corrected chi connectivity index (χ0v) is 24.5. The molecule has 2 aromatic rings. The van der Waals surface area contributed by atoms with Crippen LogP contribution in [0.15, 0.2) is 24.4 Å². The summed E-state index contributed by atoms with van der Waals surface area (Å²) >= 11 is 1.55. The van der Waals surface area contributed by atoms with Gasteiger partial charge in [-0.05, 0) is 62.3 Å². The van der Waals surface area contributed by atoms with Crippen molar-refractivity contribution in [3.63, 3.8) is 0 Å². The monoisotopic (exact) mass is 573 g/mol. The Morgan fingerprint density at radius 2 is 1.85 bits per heavy atom. The quantitative estimate of drug-likeness (QED) is 0.416. The Bertz CT molecular complexity index is 1200. The predicted molar refractivity (Wildman–Crippen MR) is 152 cm³/mol. The topological polar surface area (TPSA) is 156 Å². The van der Waals surface area contributed by atoms with Crippen LogP contribution in [-0.4, -0.2) is 75.4 Å². The molecule has 4 N–H and O–H groups in total. The molecule has 1 aromatic carbocycles. The van der Waals surface area contributed by atoms with E-state index in [-0.39, 0.29) is 25.0 Å². The van der Waals surface area contributed by atoms with Gasteiger partial charge < -0.3 is 26.0 Å². The number of ether oxygens (including phenoxy) is 1. The maximum Gasteiger partial charge on any atom is 0.252 e. The molecule has 0 fully saturated rings. The average molecular weight is 574 g/mol. The molecule has 0 saturated carbocycles. The molecule has 40 heavy (non-hydrogen) atoms. The summed E-state index contributed by atoms with van der Waals surface area (Å²) in [4.78, 5) is 52.3. The van der Waals surface area contributed by atoms with Gasteiger partial charge in [-0.2, -0.15) is 11.8 Å². The second kappa shape index (κ2) is 14.7. The number of fused-ring (bicyclic) bond motifs is 4. The van der Waals surface area contributed by atoms with E-state index in [0.29, 0.717) is 42.1 Å². The number of rotatable bonds is 5. The maximum absolute atomic E-state index is 13.2. The lowest BCUT2D eigenvalue weighted by atomic mass is 10.0. The summed E-state index contributed by atoms with van der Waals surface area (Å²) in [5.74, 6) is -0.468. The van der Waals surface area contributed by atoms with Gasteiger partial charge in [0.1, 0.15) is 36.2 Å². The van der Waals surface area contributed by atoms with Crippen LogP contribution >= 0.6 is 11.8 Å². The second-order valence-corrected chi connectivity index (χ2v) is 11.2. The van der Waals surface area contributed by atoms with Gasteiger partial charge >= 0.3 is 0 Å². The number of aromatic nitrogens is 3. The zero-order valence-electron chi connectivity index (χ0n) is 23.7. The molecule has 3 rings (SSSR count). The molecule has 1 aliphatic heterocycles. The summed E-state index contributed by atoms with van der Waals surface area (Å²) in [7, 11) is 0. The van der Waals surface area contributed by atoms with Crippen LogP contribution < -0.4 is 26.0 Å². The first-order valence-corrected chi connectivity index (χ1v) is 14.8. The van der Waals surface area contributed by atoms with Crippen molar-refractivity contribution in [3.05, 3.63) is 41.2 Å². The van der Waals surface area contributed by atoms with E-state index in [2.05, 4.69) is 31.6 Å². The van der Waals surface area contributed by atoms with Crippen molar-refractivity contribution in [2.45, 2.75) is 71.8 Å². The number of nitrogens with one attached hydrogen (secondary N) is 4. The van der Waals surface area contributed by atoms with E-state index in [1.165, 1.54) is 0 Å². The highest BCUT2D eigenvalue weighted by Crippen LogP contribution is 2.20. The van der Waals surface area contributed by atoms with Crippen molar-refractivity contribution in [2.24, 2.45) is 5.92 Å². The molecule has 0 unspecified atom stereocenters. The molecule has 0 aliphatic carbocycles. The highest BCUT2D eigenvalue weighted by atomic mass is 32.2. The van der Waals surface area contributed by atoms with Crippen LogP contribution in [0.5, 0.6) is 5.75 Å². The summed E-state index contributed by atoms with van der Waals surface area (Å²) in [6.07, 6.45) is 4.41. The maximum atomic E-state index is 13.2. The third-order valence-electron chi connectivity index (χ3n) is 6.38. The third kappa shape index (κ3) is 8.97. The van der Waals surface area contributed by atoms with Crippen LogP contribution in [-0.2, 0) is 27.5 Å². The molecule has 218 valence electrons. The van der Waals surface area contributed by atoms with Crippen molar-refractivity contribution in [3.8, 4) is 5.75 Å². The minimum atomic E-state index is -0.933. The standard InChI is InChI=1S/C27H39N7O5S/c1-16(2)12-22-26(37)28-14-20-15-34(33-32-20)9-10-39-23-13-19(7-6-17(23)3)25(36)30-21(8-11-40-5)27(38)29-18(4)24(35)31-22/h6-7,13,15-16,18,21-22H,8-12,14H2,1-5H3,(H,28,37)(H,29,38)(H,30,36)(H,31,35)/t18-,21+,22-/m1/s1. The first-order valence-electron chi connectivity index (χ1n) is 13.4. The average Bonchev–Trinajstić information content (AvgIpc) is 3.36. The SMILES string of the molecule is CSCC[C@@H]1NC(=O)c2ccc(C)c(c2)OCCn2cc(nn2)CNC(=O)[C@@H](CC(C)C)NC(=O)[C@@H](C)NC1=O. The number of nitrogens with zero attached hydrogens (tertiary/aromatic N) is 3. The Hall–Kier alpha value is -3.61. The molecular formula is C27H39N7O5S. The van der Waals surface area contributed by atoms with Gasteiger partial charge in [-0.15, -0.1) is 5.10 Å². The molecule has 0 spiro atoms. The number of aryl methyl sites for hydroxylation is 1. The second-order valence-electron chi connectivity index (χ2n) is 10.2. The Morgan fingerprint density at radius 3 is 2.58 bits per heavy atom. The number of benzene rings is 1. The van der Waals surface area contributed by atoms with Crippen LogP contribution in [0.25, 0.3) is 0 Å². The summed E-state index contributed by atoms with van der Waals surface area (Å²) in [5.41, 5.74) is 1.76. The van der Waals surface area contributed by atoms with Crippen LogP contribution in [0.2, 0.25) is 0 Å². The van der Waals surface area contributed by atoms with Crippen LogP contribution in [0.4, 0.5) is 0 Å². The minimum Gasteiger partial charge on any atom is -0.491 e. The summed E-state index contributed by atoms with van der Waals surface area (Å²) in [6.45, 7) is 8.15. The molecule has 2 heterocycles. The fourth-order valence-corrected chi connectivity index (χ4v) is 4.57. The van der Waals surface area contributed by atoms with Gasteiger partial charge in [-0.1, -0.05) is 25.1 Å². The van der Waals surface area contributed by atoms with E-state index in [0.717, 1.165) is 5.56 Å². The highest BCUT2D eigenvalue weighted by Gasteiger charge is 2.28. The molecule has 4 amide bonds. The Kier molecular flexibility index (Phi) is 11.4. The number of carbonyl (C=O) groups excluding carboxylic acids is 4. The van der Waals surface area contributed by atoms with E-state index in [4.69, 9.17) is 4.74 Å². The van der Waals surface area contributed by atoms with Gasteiger partial charge in [0.15, 0.2) is 0 Å². The van der Waals surface area contributed by atoms with Crippen LogP contribution in [0, 0.1) is 12.8 Å². The molecule has 1 aromatic heterocycles. The van der Waals surface area contributed by atoms with Crippen molar-refractivity contribution in [2.75, 3.05) is 18.6 Å². The van der Waals surface area contributed by atoms with Crippen molar-refractivity contribution in [1.82, 2.24) is 36.3 Å². The lowest BCUT2D eigenvalue weighted by Crippen LogP contribution is -2.56. The zero-order chi connectivity index (χ0) is 29.2. The van der Waals surface area contributed by atoms with E-state index in [1.54, 1.807) is 47.8 Å². The van der Waals surface area contributed by atoms with Gasteiger partial charge in [0, 0.05) is 5.56 Å². The molecule has 3 atom stereocenters. The van der Waals surface area contributed by atoms with Gasteiger partial charge in [-0.3, -0.25) is 19.2 Å². The van der Waals surface area contributed by atoms with Gasteiger partial charge in [0.05, 0.1) is 19.3 Å². The third-order valence-corrected chi connectivity index (χ3v) is 7.03. The lowest BCUT2D eigenvalue weighted by molar-refractivity contribution is -0.132. The fourth-order valence-electron chi connectivity index (χ4n) is 4.10. The lowest BCUT2D eigenvalue weighted by Gasteiger charge is -2.24. The van der Waals surface area contributed by atoms with Gasteiger partial charge in [0.25, 0.3) is 5.91 Å². The first-order chi connectivity index (χ1) is 19.1. The molecule has 0 radical (unpaired) electrons. The Labute approximate surface area is 238 Å². The number of hydrogen-bond acceptors (Lipinski definition) is 8.